The van der Waals surface area contributed by atoms with Gasteiger partial charge in [-0.3, -0.25) is 0 Å². The second-order valence-electron chi connectivity index (χ2n) is 5.48. The Kier molecular flexibility index (Phi) is 6.00. The van der Waals surface area contributed by atoms with Gasteiger partial charge in [0, 0.05) is 16.1 Å². The zero-order valence-corrected chi connectivity index (χ0v) is 13.1. The predicted molar refractivity (Wildman–Crippen MR) is 84.2 cm³/mol. The van der Waals surface area contributed by atoms with Crippen LogP contribution in [0.5, 0.6) is 0 Å². The van der Waals surface area contributed by atoms with Gasteiger partial charge in [-0.1, -0.05) is 43.0 Å². The molecule has 1 nitrogen and oxygen atoms in total. The number of aryl methyl sites for hydroxylation is 1. The highest BCUT2D eigenvalue weighted by Crippen LogP contribution is 2.30. The molecule has 3 heteroatoms. The highest BCUT2D eigenvalue weighted by molar-refractivity contribution is 6.33. The van der Waals surface area contributed by atoms with E-state index in [1.54, 1.807) is 0 Å². The summed E-state index contributed by atoms with van der Waals surface area (Å²) in [4.78, 5) is 0. The Morgan fingerprint density at radius 3 is 2.68 bits per heavy atom. The molecule has 0 heterocycles. The molecule has 0 amide bonds. The van der Waals surface area contributed by atoms with Gasteiger partial charge >= 0.3 is 0 Å². The van der Waals surface area contributed by atoms with Gasteiger partial charge in [-0.25, -0.2) is 0 Å². The Morgan fingerprint density at radius 1 is 1.26 bits per heavy atom. The SMILES string of the molecule is CCNC(CCc1cc(Cl)ccc1Cl)C1CCCC1. The van der Waals surface area contributed by atoms with Crippen LogP contribution in [0.1, 0.15) is 44.6 Å². The fourth-order valence-corrected chi connectivity index (χ4v) is 3.58. The highest BCUT2D eigenvalue weighted by Gasteiger charge is 2.24. The molecular weight excluding hydrogens is 277 g/mol. The lowest BCUT2D eigenvalue weighted by Crippen LogP contribution is -2.35. The second kappa shape index (κ2) is 7.52. The Bertz CT molecular complexity index is 400. The Morgan fingerprint density at radius 2 is 2.00 bits per heavy atom. The third-order valence-corrected chi connectivity index (χ3v) is 4.77. The zero-order chi connectivity index (χ0) is 13.7. The molecule has 1 unspecified atom stereocenters. The van der Waals surface area contributed by atoms with Crippen molar-refractivity contribution in [1.29, 1.82) is 0 Å². The van der Waals surface area contributed by atoms with Crippen molar-refractivity contribution in [2.75, 3.05) is 6.54 Å². The normalized spacial score (nSPS) is 17.8. The molecule has 0 bridgehead atoms. The maximum atomic E-state index is 6.24. The molecule has 0 saturated heterocycles. The molecule has 0 aromatic heterocycles. The van der Waals surface area contributed by atoms with Gasteiger partial charge in [0.15, 0.2) is 0 Å². The number of halogens is 2. The smallest absolute Gasteiger partial charge is 0.0439 e. The molecule has 1 fully saturated rings. The van der Waals surface area contributed by atoms with E-state index in [4.69, 9.17) is 23.2 Å². The van der Waals surface area contributed by atoms with Crippen molar-refractivity contribution in [3.8, 4) is 0 Å². The van der Waals surface area contributed by atoms with Crippen LogP contribution in [0.15, 0.2) is 18.2 Å². The van der Waals surface area contributed by atoms with E-state index in [2.05, 4.69) is 12.2 Å². The van der Waals surface area contributed by atoms with Crippen LogP contribution < -0.4 is 5.32 Å². The van der Waals surface area contributed by atoms with Crippen molar-refractivity contribution < 1.29 is 0 Å². The predicted octanol–water partition coefficient (Wildman–Crippen LogP) is 5.09. The van der Waals surface area contributed by atoms with Gasteiger partial charge < -0.3 is 5.32 Å². The summed E-state index contributed by atoms with van der Waals surface area (Å²) in [6, 6.07) is 6.38. The molecule has 1 aliphatic carbocycles. The molecule has 1 aromatic rings. The Labute approximate surface area is 126 Å². The number of hydrogen-bond acceptors (Lipinski definition) is 1. The molecule has 0 radical (unpaired) electrons. The largest absolute Gasteiger partial charge is 0.314 e. The van der Waals surface area contributed by atoms with E-state index >= 15 is 0 Å². The fraction of sp³-hybridized carbons (Fsp3) is 0.625. The minimum Gasteiger partial charge on any atom is -0.314 e. The van der Waals surface area contributed by atoms with Crippen molar-refractivity contribution in [2.24, 2.45) is 5.92 Å². The summed E-state index contributed by atoms with van der Waals surface area (Å²) in [5.74, 6) is 0.845. The summed E-state index contributed by atoms with van der Waals surface area (Å²) in [6.45, 7) is 3.23. The van der Waals surface area contributed by atoms with Crippen LogP contribution >= 0.6 is 23.2 Å². The average molecular weight is 300 g/mol. The molecule has 1 N–H and O–H groups in total. The maximum absolute atomic E-state index is 6.24. The quantitative estimate of drug-likeness (QED) is 0.771. The highest BCUT2D eigenvalue weighted by atomic mass is 35.5. The maximum Gasteiger partial charge on any atom is 0.0439 e. The van der Waals surface area contributed by atoms with Crippen LogP contribution in [0.4, 0.5) is 0 Å². The third-order valence-electron chi connectivity index (χ3n) is 4.17. The number of nitrogens with one attached hydrogen (secondary N) is 1. The van der Waals surface area contributed by atoms with E-state index in [0.29, 0.717) is 6.04 Å². The van der Waals surface area contributed by atoms with Crippen molar-refractivity contribution in [3.63, 3.8) is 0 Å². The van der Waals surface area contributed by atoms with Gasteiger partial charge in [-0.05, 0) is 61.9 Å². The lowest BCUT2D eigenvalue weighted by Gasteiger charge is -2.24. The van der Waals surface area contributed by atoms with Gasteiger partial charge in [-0.2, -0.15) is 0 Å². The lowest BCUT2D eigenvalue weighted by atomic mass is 9.92. The van der Waals surface area contributed by atoms with Crippen LogP contribution in [0.3, 0.4) is 0 Å². The van der Waals surface area contributed by atoms with Crippen molar-refractivity contribution in [2.45, 2.75) is 51.5 Å². The summed E-state index contributed by atoms with van der Waals surface area (Å²) in [5.41, 5.74) is 1.18. The summed E-state index contributed by atoms with van der Waals surface area (Å²) < 4.78 is 0. The van der Waals surface area contributed by atoms with Gasteiger partial charge in [0.25, 0.3) is 0 Å². The van der Waals surface area contributed by atoms with Crippen LogP contribution in [-0.4, -0.2) is 12.6 Å². The van der Waals surface area contributed by atoms with Gasteiger partial charge in [0.1, 0.15) is 0 Å². The molecule has 1 aromatic carbocycles. The molecule has 1 atom stereocenters. The summed E-state index contributed by atoms with van der Waals surface area (Å²) in [5, 5.41) is 5.27. The first-order valence-electron chi connectivity index (χ1n) is 7.38. The lowest BCUT2D eigenvalue weighted by molar-refractivity contribution is 0.346. The standard InChI is InChI=1S/C16H23Cl2N/c1-2-19-16(12-5-3-4-6-12)10-7-13-11-14(17)8-9-15(13)18/h8-9,11-12,16,19H,2-7,10H2,1H3. The van der Waals surface area contributed by atoms with E-state index in [-0.39, 0.29) is 0 Å². The Balaban J connectivity index is 1.95. The van der Waals surface area contributed by atoms with E-state index < -0.39 is 0 Å². The first kappa shape index (κ1) is 15.2. The molecule has 1 aliphatic rings. The van der Waals surface area contributed by atoms with E-state index in [0.717, 1.165) is 35.3 Å². The van der Waals surface area contributed by atoms with Crippen LogP contribution in [0.2, 0.25) is 10.0 Å². The zero-order valence-electron chi connectivity index (χ0n) is 11.6. The molecule has 2 rings (SSSR count). The van der Waals surface area contributed by atoms with E-state index in [1.807, 2.05) is 18.2 Å². The minimum atomic E-state index is 0.627. The second-order valence-corrected chi connectivity index (χ2v) is 6.33. The van der Waals surface area contributed by atoms with Crippen molar-refractivity contribution >= 4 is 23.2 Å². The monoisotopic (exact) mass is 299 g/mol. The topological polar surface area (TPSA) is 12.0 Å². The van der Waals surface area contributed by atoms with Crippen molar-refractivity contribution in [3.05, 3.63) is 33.8 Å². The third kappa shape index (κ3) is 4.37. The van der Waals surface area contributed by atoms with Gasteiger partial charge in [0.2, 0.25) is 0 Å². The van der Waals surface area contributed by atoms with Crippen LogP contribution in [0.25, 0.3) is 0 Å². The van der Waals surface area contributed by atoms with E-state index in [9.17, 15) is 0 Å². The van der Waals surface area contributed by atoms with Crippen LogP contribution in [0, 0.1) is 5.92 Å². The first-order valence-corrected chi connectivity index (χ1v) is 8.13. The van der Waals surface area contributed by atoms with E-state index in [1.165, 1.54) is 31.2 Å². The summed E-state index contributed by atoms with van der Waals surface area (Å²) in [6.07, 6.45) is 7.70. The number of rotatable bonds is 6. The van der Waals surface area contributed by atoms with Crippen molar-refractivity contribution in [1.82, 2.24) is 5.32 Å². The minimum absolute atomic E-state index is 0.627. The van der Waals surface area contributed by atoms with Gasteiger partial charge in [-0.15, -0.1) is 0 Å². The fourth-order valence-electron chi connectivity index (χ4n) is 3.17. The molecular formula is C16H23Cl2N. The number of hydrogen-bond donors (Lipinski definition) is 1. The van der Waals surface area contributed by atoms with Gasteiger partial charge in [0.05, 0.1) is 0 Å². The summed E-state index contributed by atoms with van der Waals surface area (Å²) in [7, 11) is 0. The Hall–Kier alpha value is -0.240. The molecule has 1 saturated carbocycles. The summed E-state index contributed by atoms with van der Waals surface area (Å²) >= 11 is 12.3. The van der Waals surface area contributed by atoms with Crippen LogP contribution in [-0.2, 0) is 6.42 Å². The first-order chi connectivity index (χ1) is 9.20. The number of benzene rings is 1. The molecule has 0 aliphatic heterocycles. The molecule has 106 valence electrons. The molecule has 19 heavy (non-hydrogen) atoms. The average Bonchev–Trinajstić information content (AvgIpc) is 2.92. The molecule has 0 spiro atoms.